The highest BCUT2D eigenvalue weighted by Gasteiger charge is 2.24. The summed E-state index contributed by atoms with van der Waals surface area (Å²) in [5.74, 6) is 0. The zero-order chi connectivity index (χ0) is 12.8. The van der Waals surface area contributed by atoms with E-state index in [0.717, 1.165) is 16.0 Å². The number of nitrogens with zero attached hydrogens (tertiary/aromatic N) is 2. The molecular formula is C14H20N2S. The van der Waals surface area contributed by atoms with Crippen molar-refractivity contribution in [2.24, 2.45) is 0 Å². The molecule has 0 aliphatic carbocycles. The van der Waals surface area contributed by atoms with Crippen LogP contribution < -0.4 is 0 Å². The van der Waals surface area contributed by atoms with Gasteiger partial charge < -0.3 is 0 Å². The Hall–Kier alpha value is -0.960. The van der Waals surface area contributed by atoms with E-state index in [2.05, 4.69) is 52.6 Å². The van der Waals surface area contributed by atoms with Crippen molar-refractivity contribution in [3.05, 3.63) is 22.8 Å². The molecule has 0 fully saturated rings. The fourth-order valence-corrected chi connectivity index (χ4v) is 2.49. The van der Waals surface area contributed by atoms with Gasteiger partial charge in [-0.05, 0) is 17.0 Å². The summed E-state index contributed by atoms with van der Waals surface area (Å²) in [4.78, 5) is 10.3. The quantitative estimate of drug-likeness (QED) is 0.695. The highest BCUT2D eigenvalue weighted by Crippen LogP contribution is 2.33. The molecule has 0 radical (unpaired) electrons. The predicted octanol–water partition coefficient (Wildman–Crippen LogP) is 4.29. The zero-order valence-corrected chi connectivity index (χ0v) is 12.3. The van der Waals surface area contributed by atoms with Crippen molar-refractivity contribution >= 4 is 21.7 Å². The molecule has 0 unspecified atom stereocenters. The SMILES string of the molecule is CC(C)(C)c1cc(C(C)(C)C)c2ncsc2n1. The molecule has 2 aromatic heterocycles. The zero-order valence-electron chi connectivity index (χ0n) is 11.5. The molecule has 2 nitrogen and oxygen atoms in total. The molecule has 0 aliphatic rings. The van der Waals surface area contributed by atoms with Gasteiger partial charge >= 0.3 is 0 Å². The van der Waals surface area contributed by atoms with Crippen LogP contribution in [0.15, 0.2) is 11.6 Å². The minimum atomic E-state index is 0.0815. The van der Waals surface area contributed by atoms with E-state index in [1.807, 2.05) is 5.51 Å². The lowest BCUT2D eigenvalue weighted by atomic mass is 9.83. The summed E-state index contributed by atoms with van der Waals surface area (Å²) in [7, 11) is 0. The largest absolute Gasteiger partial charge is 0.243 e. The van der Waals surface area contributed by atoms with Gasteiger partial charge in [0, 0.05) is 11.1 Å². The second-order valence-electron chi connectivity index (χ2n) is 6.56. The lowest BCUT2D eigenvalue weighted by molar-refractivity contribution is 0.558. The van der Waals surface area contributed by atoms with Crippen molar-refractivity contribution in [1.29, 1.82) is 0 Å². The van der Waals surface area contributed by atoms with Crippen molar-refractivity contribution in [2.45, 2.75) is 52.4 Å². The fourth-order valence-electron chi connectivity index (χ4n) is 1.81. The van der Waals surface area contributed by atoms with Gasteiger partial charge in [-0.1, -0.05) is 41.5 Å². The lowest BCUT2D eigenvalue weighted by Gasteiger charge is -2.24. The summed E-state index contributed by atoms with van der Waals surface area (Å²) in [5.41, 5.74) is 5.59. The molecule has 0 bridgehead atoms. The maximum atomic E-state index is 4.74. The van der Waals surface area contributed by atoms with E-state index in [1.54, 1.807) is 11.3 Å². The molecule has 0 aliphatic heterocycles. The van der Waals surface area contributed by atoms with Crippen LogP contribution in [0.25, 0.3) is 10.3 Å². The number of thiazole rings is 1. The molecule has 2 heterocycles. The van der Waals surface area contributed by atoms with Gasteiger partial charge in [-0.3, -0.25) is 0 Å². The minimum absolute atomic E-state index is 0.0815. The number of rotatable bonds is 0. The highest BCUT2D eigenvalue weighted by molar-refractivity contribution is 7.16. The van der Waals surface area contributed by atoms with E-state index in [-0.39, 0.29) is 10.8 Å². The van der Waals surface area contributed by atoms with E-state index in [1.165, 1.54) is 5.56 Å². The van der Waals surface area contributed by atoms with Crippen LogP contribution in [0.5, 0.6) is 0 Å². The third kappa shape index (κ3) is 2.34. The van der Waals surface area contributed by atoms with Crippen molar-refractivity contribution in [1.82, 2.24) is 9.97 Å². The van der Waals surface area contributed by atoms with Gasteiger partial charge in [0.1, 0.15) is 10.3 Å². The first-order chi connectivity index (χ1) is 7.69. The first-order valence-corrected chi connectivity index (χ1v) is 6.83. The molecule has 0 saturated heterocycles. The molecular weight excluding hydrogens is 228 g/mol. The van der Waals surface area contributed by atoms with Crippen LogP contribution in [0, 0.1) is 0 Å². The Labute approximate surface area is 107 Å². The molecule has 0 amide bonds. The molecule has 0 N–H and O–H groups in total. The molecule has 0 saturated carbocycles. The molecule has 0 aromatic carbocycles. The maximum absolute atomic E-state index is 4.74. The van der Waals surface area contributed by atoms with E-state index in [4.69, 9.17) is 4.98 Å². The van der Waals surface area contributed by atoms with Gasteiger partial charge in [0.2, 0.25) is 0 Å². The Morgan fingerprint density at radius 3 is 2.18 bits per heavy atom. The van der Waals surface area contributed by atoms with Crippen molar-refractivity contribution in [3.8, 4) is 0 Å². The third-order valence-electron chi connectivity index (χ3n) is 2.88. The Kier molecular flexibility index (Phi) is 2.77. The molecule has 0 atom stereocenters. The van der Waals surface area contributed by atoms with Gasteiger partial charge in [-0.15, -0.1) is 11.3 Å². The van der Waals surface area contributed by atoms with Crippen LogP contribution in [-0.2, 0) is 10.8 Å². The Morgan fingerprint density at radius 1 is 1.00 bits per heavy atom. The molecule has 0 spiro atoms. The normalized spacial score (nSPS) is 13.3. The summed E-state index contributed by atoms with van der Waals surface area (Å²) < 4.78 is 0. The molecule has 2 rings (SSSR count). The Morgan fingerprint density at radius 2 is 1.65 bits per heavy atom. The van der Waals surface area contributed by atoms with E-state index in [9.17, 15) is 0 Å². The average Bonchev–Trinajstić information content (AvgIpc) is 2.59. The Balaban J connectivity index is 2.76. The summed E-state index contributed by atoms with van der Waals surface area (Å²) in [6, 6.07) is 2.22. The number of hydrogen-bond acceptors (Lipinski definition) is 3. The van der Waals surface area contributed by atoms with Crippen LogP contribution in [0.3, 0.4) is 0 Å². The minimum Gasteiger partial charge on any atom is -0.243 e. The predicted molar refractivity (Wildman–Crippen MR) is 74.8 cm³/mol. The van der Waals surface area contributed by atoms with Gasteiger partial charge in [0.05, 0.1) is 5.51 Å². The van der Waals surface area contributed by atoms with Crippen LogP contribution in [0.2, 0.25) is 0 Å². The second-order valence-corrected chi connectivity index (χ2v) is 7.39. The number of hydrogen-bond donors (Lipinski definition) is 0. The first kappa shape index (κ1) is 12.5. The summed E-state index contributed by atoms with van der Waals surface area (Å²) in [5, 5.41) is 0. The summed E-state index contributed by atoms with van der Waals surface area (Å²) in [6.45, 7) is 13.3. The number of aromatic nitrogens is 2. The number of fused-ring (bicyclic) bond motifs is 1. The monoisotopic (exact) mass is 248 g/mol. The summed E-state index contributed by atoms with van der Waals surface area (Å²) >= 11 is 1.63. The van der Waals surface area contributed by atoms with Gasteiger partial charge in [-0.25, -0.2) is 9.97 Å². The van der Waals surface area contributed by atoms with Gasteiger partial charge in [0.25, 0.3) is 0 Å². The molecule has 3 heteroatoms. The van der Waals surface area contributed by atoms with E-state index >= 15 is 0 Å². The van der Waals surface area contributed by atoms with Crippen molar-refractivity contribution < 1.29 is 0 Å². The first-order valence-electron chi connectivity index (χ1n) is 5.95. The van der Waals surface area contributed by atoms with Crippen LogP contribution in [0.1, 0.15) is 52.8 Å². The topological polar surface area (TPSA) is 25.8 Å². The van der Waals surface area contributed by atoms with E-state index in [0.29, 0.717) is 0 Å². The maximum Gasteiger partial charge on any atom is 0.143 e. The summed E-state index contributed by atoms with van der Waals surface area (Å²) in [6.07, 6.45) is 0. The van der Waals surface area contributed by atoms with Crippen LogP contribution in [-0.4, -0.2) is 9.97 Å². The fraction of sp³-hybridized carbons (Fsp3) is 0.571. The van der Waals surface area contributed by atoms with E-state index < -0.39 is 0 Å². The highest BCUT2D eigenvalue weighted by atomic mass is 32.1. The van der Waals surface area contributed by atoms with Crippen molar-refractivity contribution in [3.63, 3.8) is 0 Å². The molecule has 17 heavy (non-hydrogen) atoms. The van der Waals surface area contributed by atoms with Crippen LogP contribution >= 0.6 is 11.3 Å². The van der Waals surface area contributed by atoms with Crippen LogP contribution in [0.4, 0.5) is 0 Å². The third-order valence-corrected chi connectivity index (χ3v) is 3.60. The smallest absolute Gasteiger partial charge is 0.143 e. The average molecular weight is 248 g/mol. The number of pyridine rings is 1. The Bertz CT molecular complexity index is 541. The lowest BCUT2D eigenvalue weighted by Crippen LogP contribution is -2.18. The van der Waals surface area contributed by atoms with Gasteiger partial charge in [-0.2, -0.15) is 0 Å². The second kappa shape index (κ2) is 3.77. The van der Waals surface area contributed by atoms with Crippen molar-refractivity contribution in [2.75, 3.05) is 0 Å². The van der Waals surface area contributed by atoms with Gasteiger partial charge in [0.15, 0.2) is 0 Å². The molecule has 2 aromatic rings. The molecule has 92 valence electrons. The standard InChI is InChI=1S/C14H20N2S/c1-13(2,3)9-7-10(14(4,5)6)16-12-11(9)15-8-17-12/h7-8H,1-6H3.